The maximum atomic E-state index is 13.4. The number of benzene rings is 1. The van der Waals surface area contributed by atoms with Crippen LogP contribution in [-0.4, -0.2) is 35.1 Å². The second-order valence-corrected chi connectivity index (χ2v) is 9.77. The largest absolute Gasteiger partial charge is 0.494 e. The van der Waals surface area contributed by atoms with Gasteiger partial charge in [0.25, 0.3) is 11.5 Å². The number of aryl methyl sites for hydroxylation is 1. The first-order valence-corrected chi connectivity index (χ1v) is 12.1. The highest BCUT2D eigenvalue weighted by Gasteiger charge is 2.24. The summed E-state index contributed by atoms with van der Waals surface area (Å²) in [5, 5.41) is 9.92. The van der Waals surface area contributed by atoms with Gasteiger partial charge in [-0.2, -0.15) is 5.26 Å². The number of hydrogen-bond acceptors (Lipinski definition) is 6. The van der Waals surface area contributed by atoms with E-state index < -0.39 is 0 Å². The molecule has 0 atom stereocenters. The second kappa shape index (κ2) is 9.55. The monoisotopic (exact) mass is 465 g/mol. The van der Waals surface area contributed by atoms with E-state index >= 15 is 0 Å². The van der Waals surface area contributed by atoms with Gasteiger partial charge in [-0.25, -0.2) is 0 Å². The number of nitriles is 1. The van der Waals surface area contributed by atoms with Crippen molar-refractivity contribution in [3.8, 4) is 17.5 Å². The fourth-order valence-corrected chi connectivity index (χ4v) is 5.65. The predicted octanol–water partition coefficient (Wildman–Crippen LogP) is 2.79. The molecule has 1 amide bonds. The van der Waals surface area contributed by atoms with E-state index in [1.165, 1.54) is 15.9 Å². The Balaban J connectivity index is 1.96. The normalized spacial score (nSPS) is 15.0. The van der Waals surface area contributed by atoms with Crippen LogP contribution in [0.3, 0.4) is 0 Å². The third-order valence-corrected chi connectivity index (χ3v) is 7.24. The Morgan fingerprint density at radius 2 is 1.88 bits per heavy atom. The zero-order chi connectivity index (χ0) is 22.7. The Morgan fingerprint density at radius 1 is 1.16 bits per heavy atom. The molecule has 0 bridgehead atoms. The molecule has 0 radical (unpaired) electrons. The number of hydrogen-bond donors (Lipinski definition) is 0. The SMILES string of the molecule is CCOc1ccc(-n2c(=O)/c(=C\c3ccc(C)s3)s/c2=C(/C#N)C(=O)N2CCCC2)cc1. The van der Waals surface area contributed by atoms with Crippen LogP contribution in [0, 0.1) is 18.3 Å². The highest BCUT2D eigenvalue weighted by atomic mass is 32.1. The van der Waals surface area contributed by atoms with Gasteiger partial charge in [0.15, 0.2) is 5.57 Å². The van der Waals surface area contributed by atoms with Crippen LogP contribution in [0.4, 0.5) is 0 Å². The van der Waals surface area contributed by atoms with E-state index in [-0.39, 0.29) is 17.0 Å². The summed E-state index contributed by atoms with van der Waals surface area (Å²) in [7, 11) is 0. The number of ether oxygens (including phenoxy) is 1. The van der Waals surface area contributed by atoms with Crippen molar-refractivity contribution in [1.82, 2.24) is 9.47 Å². The number of amides is 1. The van der Waals surface area contributed by atoms with Crippen LogP contribution in [0.5, 0.6) is 5.75 Å². The number of likely N-dealkylation sites (tertiary alicyclic amines) is 1. The fourth-order valence-electron chi connectivity index (χ4n) is 3.67. The van der Waals surface area contributed by atoms with E-state index in [0.717, 1.165) is 22.6 Å². The van der Waals surface area contributed by atoms with Crippen molar-refractivity contribution in [2.45, 2.75) is 26.7 Å². The van der Waals surface area contributed by atoms with Gasteiger partial charge in [0.2, 0.25) is 0 Å². The summed E-state index contributed by atoms with van der Waals surface area (Å²) in [6.07, 6.45) is 3.68. The Morgan fingerprint density at radius 3 is 2.47 bits per heavy atom. The Kier molecular flexibility index (Phi) is 6.58. The lowest BCUT2D eigenvalue weighted by Gasteiger charge is -2.14. The molecule has 1 aliphatic rings. The first-order valence-electron chi connectivity index (χ1n) is 10.5. The van der Waals surface area contributed by atoms with Crippen molar-refractivity contribution in [3.63, 3.8) is 0 Å². The van der Waals surface area contributed by atoms with Crippen LogP contribution >= 0.6 is 22.7 Å². The van der Waals surface area contributed by atoms with Gasteiger partial charge in [-0.15, -0.1) is 22.7 Å². The number of carbonyl (C=O) groups excluding carboxylic acids is 1. The van der Waals surface area contributed by atoms with E-state index in [0.29, 0.717) is 40.3 Å². The van der Waals surface area contributed by atoms with Crippen LogP contribution in [0.2, 0.25) is 0 Å². The molecule has 0 unspecified atom stereocenters. The molecule has 1 saturated heterocycles. The smallest absolute Gasteiger partial charge is 0.273 e. The zero-order valence-electron chi connectivity index (χ0n) is 18.0. The maximum absolute atomic E-state index is 13.4. The highest BCUT2D eigenvalue weighted by molar-refractivity contribution is 7.13. The second-order valence-electron chi connectivity index (χ2n) is 7.42. The molecule has 32 heavy (non-hydrogen) atoms. The predicted molar refractivity (Wildman–Crippen MR) is 128 cm³/mol. The maximum Gasteiger partial charge on any atom is 0.273 e. The van der Waals surface area contributed by atoms with Crippen LogP contribution in [0.1, 0.15) is 29.5 Å². The van der Waals surface area contributed by atoms with Crippen LogP contribution in [0.25, 0.3) is 17.3 Å². The number of rotatable bonds is 5. The summed E-state index contributed by atoms with van der Waals surface area (Å²) in [4.78, 5) is 30.3. The van der Waals surface area contributed by atoms with Crippen molar-refractivity contribution in [2.75, 3.05) is 19.7 Å². The van der Waals surface area contributed by atoms with E-state index in [1.54, 1.807) is 40.5 Å². The highest BCUT2D eigenvalue weighted by Crippen LogP contribution is 2.17. The Labute approximate surface area is 193 Å². The molecule has 8 heteroatoms. The third kappa shape index (κ3) is 4.40. The van der Waals surface area contributed by atoms with Crippen LogP contribution in [0.15, 0.2) is 41.2 Å². The number of aromatic nitrogens is 1. The summed E-state index contributed by atoms with van der Waals surface area (Å²) < 4.78 is 7.82. The van der Waals surface area contributed by atoms with Gasteiger partial charge < -0.3 is 9.64 Å². The molecule has 0 N–H and O–H groups in total. The number of thiophene rings is 1. The molecule has 1 aliphatic heterocycles. The molecule has 1 aromatic carbocycles. The van der Waals surface area contributed by atoms with Crippen molar-refractivity contribution in [2.24, 2.45) is 0 Å². The van der Waals surface area contributed by atoms with Crippen LogP contribution in [-0.2, 0) is 4.79 Å². The van der Waals surface area contributed by atoms with Crippen molar-refractivity contribution in [1.29, 1.82) is 5.26 Å². The molecule has 164 valence electrons. The molecule has 2 aromatic heterocycles. The van der Waals surface area contributed by atoms with Gasteiger partial charge in [0, 0.05) is 22.8 Å². The molecule has 4 rings (SSSR count). The molecule has 0 aliphatic carbocycles. The summed E-state index contributed by atoms with van der Waals surface area (Å²) in [5.74, 6) is 0.379. The minimum Gasteiger partial charge on any atom is -0.494 e. The number of carbonyl (C=O) groups is 1. The molecule has 0 spiro atoms. The van der Waals surface area contributed by atoms with Gasteiger partial charge in [0.1, 0.15) is 16.5 Å². The number of nitrogens with zero attached hydrogens (tertiary/aromatic N) is 3. The van der Waals surface area contributed by atoms with Gasteiger partial charge in [-0.05, 0) is 69.2 Å². The van der Waals surface area contributed by atoms with E-state index in [4.69, 9.17) is 4.74 Å². The lowest BCUT2D eigenvalue weighted by Crippen LogP contribution is -2.35. The first-order chi connectivity index (χ1) is 15.5. The minimum atomic E-state index is -0.315. The Hall–Kier alpha value is -3.15. The molecule has 3 heterocycles. The molecular formula is C24H23N3O3S2. The summed E-state index contributed by atoms with van der Waals surface area (Å²) >= 11 is 2.77. The summed E-state index contributed by atoms with van der Waals surface area (Å²) in [6.45, 7) is 5.73. The summed E-state index contributed by atoms with van der Waals surface area (Å²) in [5.41, 5.74) is 0.348. The number of thiazole rings is 1. The van der Waals surface area contributed by atoms with Gasteiger partial charge in [-0.3, -0.25) is 14.2 Å². The molecular weight excluding hydrogens is 442 g/mol. The lowest BCUT2D eigenvalue weighted by atomic mass is 10.2. The van der Waals surface area contributed by atoms with Gasteiger partial charge in [-0.1, -0.05) is 0 Å². The topological polar surface area (TPSA) is 75.3 Å². The van der Waals surface area contributed by atoms with E-state index in [2.05, 4.69) is 6.07 Å². The fraction of sp³-hybridized carbons (Fsp3) is 0.292. The molecule has 0 saturated carbocycles. The first kappa shape index (κ1) is 22.1. The van der Waals surface area contributed by atoms with E-state index in [9.17, 15) is 14.9 Å². The van der Waals surface area contributed by atoms with Gasteiger partial charge in [0.05, 0.1) is 16.8 Å². The van der Waals surface area contributed by atoms with Gasteiger partial charge >= 0.3 is 0 Å². The Bertz CT molecular complexity index is 1350. The van der Waals surface area contributed by atoms with Crippen molar-refractivity contribution in [3.05, 3.63) is 65.7 Å². The average Bonchev–Trinajstić information content (AvgIpc) is 3.52. The standard InChI is InChI=1S/C24H23N3O3S2/c1-3-30-18-9-7-17(8-10-18)27-23(29)21(14-19-11-6-16(2)31-19)32-24(27)20(15-25)22(28)26-12-4-5-13-26/h6-11,14H,3-5,12-13H2,1-2H3/b21-14+,24-20-. The molecule has 1 fully saturated rings. The zero-order valence-corrected chi connectivity index (χ0v) is 19.6. The van der Waals surface area contributed by atoms with Crippen molar-refractivity contribution >= 4 is 40.2 Å². The third-order valence-electron chi connectivity index (χ3n) is 5.20. The van der Waals surface area contributed by atoms with Crippen molar-refractivity contribution < 1.29 is 9.53 Å². The average molecular weight is 466 g/mol. The summed E-state index contributed by atoms with van der Waals surface area (Å²) in [6, 6.07) is 13.2. The lowest BCUT2D eigenvalue weighted by molar-refractivity contribution is -0.123. The minimum absolute atomic E-state index is 0.00453. The molecule has 6 nitrogen and oxygen atoms in total. The quantitative estimate of drug-likeness (QED) is 0.581. The van der Waals surface area contributed by atoms with Crippen LogP contribution < -0.4 is 19.5 Å². The molecule has 3 aromatic rings. The van der Waals surface area contributed by atoms with E-state index in [1.807, 2.05) is 32.1 Å².